The van der Waals surface area contributed by atoms with Crippen molar-refractivity contribution in [2.24, 2.45) is 0 Å². The fourth-order valence-electron chi connectivity index (χ4n) is 1.71. The number of aliphatic hydroxyl groups is 1. The lowest BCUT2D eigenvalue weighted by molar-refractivity contribution is 0.240. The van der Waals surface area contributed by atoms with Crippen LogP contribution in [-0.2, 0) is 6.54 Å². The Morgan fingerprint density at radius 1 is 1.53 bits per heavy atom. The molecule has 0 fully saturated rings. The van der Waals surface area contributed by atoms with E-state index < -0.39 is 0 Å². The molecule has 2 rings (SSSR count). The molecule has 1 aliphatic rings. The number of nitrogens with zero attached hydrogens (tertiary/aromatic N) is 1. The Kier molecular flexibility index (Phi) is 2.47. The first-order valence-electron chi connectivity index (χ1n) is 4.77. The van der Waals surface area contributed by atoms with Gasteiger partial charge in [-0.3, -0.25) is 4.90 Å². The van der Waals surface area contributed by atoms with Gasteiger partial charge in [0.2, 0.25) is 0 Å². The number of nitrogens with one attached hydrogen (secondary N) is 1. The second kappa shape index (κ2) is 3.78. The zero-order valence-corrected chi connectivity index (χ0v) is 8.23. The second-order valence-electron chi connectivity index (χ2n) is 3.42. The van der Waals surface area contributed by atoms with Gasteiger partial charge in [-0.05, 0) is 23.8 Å². The van der Waals surface area contributed by atoms with E-state index in [-0.39, 0.29) is 12.6 Å². The fraction of sp³-hybridized carbons (Fsp3) is 0.300. The molecule has 4 N–H and O–H groups in total. The predicted octanol–water partition coefficient (Wildman–Crippen LogP) is 0.291. The topological polar surface area (TPSA) is 78.6 Å². The lowest BCUT2D eigenvalue weighted by Crippen LogP contribution is -2.45. The number of carbonyl (C=O) groups is 1. The molecule has 1 aromatic rings. The van der Waals surface area contributed by atoms with Crippen LogP contribution in [0.15, 0.2) is 18.2 Å². The molecule has 1 aliphatic heterocycles. The lowest BCUT2D eigenvalue weighted by Gasteiger charge is -2.29. The average Bonchev–Trinajstić information content (AvgIpc) is 2.22. The number of hydrogen-bond donors (Lipinski definition) is 3. The summed E-state index contributed by atoms with van der Waals surface area (Å²) in [7, 11) is 0. The molecule has 2 amide bonds. The van der Waals surface area contributed by atoms with Gasteiger partial charge in [-0.25, -0.2) is 4.79 Å². The monoisotopic (exact) mass is 207 g/mol. The van der Waals surface area contributed by atoms with Crippen LogP contribution in [0.4, 0.5) is 16.2 Å². The van der Waals surface area contributed by atoms with Crippen LogP contribution < -0.4 is 16.0 Å². The number of nitrogens with two attached hydrogens (primary N) is 1. The number of amides is 2. The quantitative estimate of drug-likeness (QED) is 0.610. The third kappa shape index (κ3) is 1.73. The van der Waals surface area contributed by atoms with Crippen LogP contribution in [0.5, 0.6) is 0 Å². The van der Waals surface area contributed by atoms with Gasteiger partial charge in [0.1, 0.15) is 0 Å². The first-order valence-corrected chi connectivity index (χ1v) is 4.77. The molecule has 5 nitrogen and oxygen atoms in total. The molecule has 15 heavy (non-hydrogen) atoms. The van der Waals surface area contributed by atoms with Crippen LogP contribution >= 0.6 is 0 Å². The highest BCUT2D eigenvalue weighted by Crippen LogP contribution is 2.25. The normalized spacial score (nSPS) is 14.7. The van der Waals surface area contributed by atoms with Crippen LogP contribution in [0.1, 0.15) is 5.56 Å². The van der Waals surface area contributed by atoms with Crippen LogP contribution in [0.2, 0.25) is 0 Å². The number of fused-ring (bicyclic) bond motifs is 1. The number of β-amino-alcohol motifs (C(OH)–C–C–N with tert-alkyl or cyclic N) is 1. The zero-order chi connectivity index (χ0) is 10.8. The summed E-state index contributed by atoms with van der Waals surface area (Å²) in [5.41, 5.74) is 8.13. The van der Waals surface area contributed by atoms with Gasteiger partial charge in [0.25, 0.3) is 0 Å². The van der Waals surface area contributed by atoms with Gasteiger partial charge in [-0.15, -0.1) is 0 Å². The highest BCUT2D eigenvalue weighted by Gasteiger charge is 2.22. The fourth-order valence-corrected chi connectivity index (χ4v) is 1.71. The molecule has 0 unspecified atom stereocenters. The molecule has 0 aromatic heterocycles. The van der Waals surface area contributed by atoms with E-state index in [0.29, 0.717) is 18.8 Å². The Bertz CT molecular complexity index is 392. The van der Waals surface area contributed by atoms with Crippen molar-refractivity contribution < 1.29 is 9.90 Å². The Labute approximate surface area is 87.5 Å². The third-order valence-electron chi connectivity index (χ3n) is 2.39. The molecule has 1 heterocycles. The molecule has 1 aromatic carbocycles. The van der Waals surface area contributed by atoms with Crippen molar-refractivity contribution in [3.8, 4) is 0 Å². The van der Waals surface area contributed by atoms with Gasteiger partial charge in [-0.1, -0.05) is 0 Å². The van der Waals surface area contributed by atoms with Gasteiger partial charge >= 0.3 is 6.03 Å². The van der Waals surface area contributed by atoms with Gasteiger partial charge in [-0.2, -0.15) is 0 Å². The summed E-state index contributed by atoms with van der Waals surface area (Å²) in [4.78, 5) is 13.0. The number of rotatable bonds is 2. The van der Waals surface area contributed by atoms with Crippen molar-refractivity contribution in [2.75, 3.05) is 23.8 Å². The number of urea groups is 1. The minimum absolute atomic E-state index is 0.0583. The number of aliphatic hydroxyl groups excluding tert-OH is 1. The predicted molar refractivity (Wildman–Crippen MR) is 57.5 cm³/mol. The van der Waals surface area contributed by atoms with E-state index in [1.807, 2.05) is 6.07 Å². The summed E-state index contributed by atoms with van der Waals surface area (Å²) in [6, 6.07) is 5.21. The number of anilines is 2. The van der Waals surface area contributed by atoms with Crippen molar-refractivity contribution >= 4 is 17.4 Å². The zero-order valence-electron chi connectivity index (χ0n) is 8.23. The highest BCUT2D eigenvalue weighted by atomic mass is 16.3. The summed E-state index contributed by atoms with van der Waals surface area (Å²) < 4.78 is 0. The average molecular weight is 207 g/mol. The second-order valence-corrected chi connectivity index (χ2v) is 3.42. The maximum absolute atomic E-state index is 11.5. The number of carbonyl (C=O) groups excluding carboxylic acids is 1. The molecule has 5 heteroatoms. The summed E-state index contributed by atoms with van der Waals surface area (Å²) in [6.45, 7) is 0.723. The maximum Gasteiger partial charge on any atom is 0.322 e. The van der Waals surface area contributed by atoms with E-state index in [9.17, 15) is 4.79 Å². The minimum atomic E-state index is -0.179. The molecular formula is C10H13N3O2. The molecule has 0 spiro atoms. The van der Waals surface area contributed by atoms with Crippen LogP contribution in [0.3, 0.4) is 0 Å². The van der Waals surface area contributed by atoms with Gasteiger partial charge in [0.15, 0.2) is 0 Å². The first kappa shape index (κ1) is 9.79. The number of nitrogen functional groups attached to an aromatic ring is 1. The molecule has 0 saturated heterocycles. The standard InChI is InChI=1S/C10H13N3O2/c11-8-1-2-9-7(5-8)6-12-10(15)13(9)3-4-14/h1-2,5,14H,3-4,6,11H2,(H,12,15). The van der Waals surface area contributed by atoms with Crippen molar-refractivity contribution in [1.29, 1.82) is 0 Å². The Morgan fingerprint density at radius 3 is 3.07 bits per heavy atom. The van der Waals surface area contributed by atoms with E-state index in [1.165, 1.54) is 4.90 Å². The third-order valence-corrected chi connectivity index (χ3v) is 2.39. The van der Waals surface area contributed by atoms with E-state index >= 15 is 0 Å². The molecule has 0 aliphatic carbocycles. The van der Waals surface area contributed by atoms with E-state index in [1.54, 1.807) is 12.1 Å². The van der Waals surface area contributed by atoms with E-state index in [2.05, 4.69) is 5.32 Å². The Hall–Kier alpha value is -1.75. The van der Waals surface area contributed by atoms with Crippen LogP contribution in [-0.4, -0.2) is 24.3 Å². The highest BCUT2D eigenvalue weighted by molar-refractivity contribution is 5.95. The summed E-state index contributed by atoms with van der Waals surface area (Å²) in [5, 5.41) is 11.6. The van der Waals surface area contributed by atoms with Crippen molar-refractivity contribution in [2.45, 2.75) is 6.54 Å². The van der Waals surface area contributed by atoms with Gasteiger partial charge in [0, 0.05) is 12.2 Å². The van der Waals surface area contributed by atoms with Crippen molar-refractivity contribution in [3.63, 3.8) is 0 Å². The summed E-state index contributed by atoms with van der Waals surface area (Å²) >= 11 is 0. The van der Waals surface area contributed by atoms with E-state index in [4.69, 9.17) is 10.8 Å². The van der Waals surface area contributed by atoms with E-state index in [0.717, 1.165) is 11.3 Å². The number of benzene rings is 1. The smallest absolute Gasteiger partial charge is 0.322 e. The Balaban J connectivity index is 2.39. The van der Waals surface area contributed by atoms with Gasteiger partial charge in [0.05, 0.1) is 18.8 Å². The van der Waals surface area contributed by atoms with Crippen molar-refractivity contribution in [1.82, 2.24) is 5.32 Å². The molecule has 80 valence electrons. The molecular weight excluding hydrogens is 194 g/mol. The van der Waals surface area contributed by atoms with Crippen LogP contribution in [0.25, 0.3) is 0 Å². The molecule has 0 bridgehead atoms. The summed E-state index contributed by atoms with van der Waals surface area (Å²) in [5.74, 6) is 0. The van der Waals surface area contributed by atoms with Crippen LogP contribution in [0, 0.1) is 0 Å². The summed E-state index contributed by atoms with van der Waals surface area (Å²) in [6.07, 6.45) is 0. The lowest BCUT2D eigenvalue weighted by atomic mass is 10.1. The first-order chi connectivity index (χ1) is 7.22. The largest absolute Gasteiger partial charge is 0.399 e. The Morgan fingerprint density at radius 2 is 2.33 bits per heavy atom. The maximum atomic E-state index is 11.5. The molecule has 0 radical (unpaired) electrons. The SMILES string of the molecule is Nc1ccc2c(c1)CNC(=O)N2CCO. The van der Waals surface area contributed by atoms with Crippen molar-refractivity contribution in [3.05, 3.63) is 23.8 Å². The molecule has 0 atom stereocenters. The number of hydrogen-bond acceptors (Lipinski definition) is 3. The van der Waals surface area contributed by atoms with Gasteiger partial charge < -0.3 is 16.2 Å². The molecule has 0 saturated carbocycles. The minimum Gasteiger partial charge on any atom is -0.399 e.